The van der Waals surface area contributed by atoms with Gasteiger partial charge in [0.05, 0.1) is 18.8 Å². The molecule has 1 N–H and O–H groups in total. The maximum atomic E-state index is 13.0. The number of nitrogens with zero attached hydrogens (tertiary/aromatic N) is 4. The number of carbonyl (C=O) groups is 2. The Labute approximate surface area is 176 Å². The lowest BCUT2D eigenvalue weighted by atomic mass is 10.1. The van der Waals surface area contributed by atoms with Crippen molar-refractivity contribution in [2.24, 2.45) is 0 Å². The Morgan fingerprint density at radius 2 is 1.97 bits per heavy atom. The number of rotatable bonds is 7. The first-order valence-corrected chi connectivity index (χ1v) is 10.7. The zero-order valence-corrected chi connectivity index (χ0v) is 17.2. The van der Waals surface area contributed by atoms with Crippen LogP contribution in [-0.4, -0.2) is 65.3 Å². The van der Waals surface area contributed by atoms with Gasteiger partial charge in [-0.15, -0.1) is 0 Å². The molecule has 1 unspecified atom stereocenters. The lowest BCUT2D eigenvalue weighted by molar-refractivity contribution is -0.139. The van der Waals surface area contributed by atoms with Crippen LogP contribution in [0.5, 0.6) is 5.75 Å². The fourth-order valence-electron chi connectivity index (χ4n) is 4.03. The normalized spacial score (nSPS) is 18.5. The summed E-state index contributed by atoms with van der Waals surface area (Å²) in [4.78, 5) is 29.4. The van der Waals surface area contributed by atoms with Gasteiger partial charge in [-0.25, -0.2) is 0 Å². The van der Waals surface area contributed by atoms with E-state index in [0.29, 0.717) is 18.8 Å². The smallest absolute Gasteiger partial charge is 0.265 e. The van der Waals surface area contributed by atoms with Gasteiger partial charge >= 0.3 is 0 Å². The number of aromatic nitrogens is 2. The number of anilines is 1. The highest BCUT2D eigenvalue weighted by Gasteiger charge is 2.34. The number of carbonyl (C=O) groups excluding carboxylic acids is 2. The molecule has 2 aliphatic heterocycles. The van der Waals surface area contributed by atoms with Gasteiger partial charge in [0, 0.05) is 38.6 Å². The minimum Gasteiger partial charge on any atom is -0.477 e. The molecule has 0 saturated carbocycles. The van der Waals surface area contributed by atoms with E-state index >= 15 is 0 Å². The lowest BCUT2D eigenvalue weighted by Gasteiger charge is -2.38. The van der Waals surface area contributed by atoms with Gasteiger partial charge in [0.15, 0.2) is 6.10 Å². The van der Waals surface area contributed by atoms with Crippen molar-refractivity contribution >= 4 is 17.5 Å². The first-order chi connectivity index (χ1) is 14.7. The Kier molecular flexibility index (Phi) is 6.51. The van der Waals surface area contributed by atoms with E-state index in [4.69, 9.17) is 4.74 Å². The van der Waals surface area contributed by atoms with Gasteiger partial charge in [0.2, 0.25) is 5.91 Å². The van der Waals surface area contributed by atoms with Crippen molar-refractivity contribution in [3.63, 3.8) is 0 Å². The van der Waals surface area contributed by atoms with Crippen LogP contribution < -0.4 is 15.0 Å². The number of fused-ring (bicyclic) bond motifs is 1. The van der Waals surface area contributed by atoms with Crippen LogP contribution >= 0.6 is 0 Å². The van der Waals surface area contributed by atoms with Crippen molar-refractivity contribution in [3.8, 4) is 5.75 Å². The van der Waals surface area contributed by atoms with Crippen molar-refractivity contribution in [1.82, 2.24) is 20.0 Å². The second kappa shape index (κ2) is 9.65. The highest BCUT2D eigenvalue weighted by atomic mass is 16.5. The molecule has 4 rings (SSSR count). The highest BCUT2D eigenvalue weighted by Crippen LogP contribution is 2.33. The van der Waals surface area contributed by atoms with Crippen LogP contribution in [0.4, 0.5) is 5.69 Å². The van der Waals surface area contributed by atoms with Crippen LogP contribution in [0.15, 0.2) is 42.7 Å². The molecule has 1 aromatic carbocycles. The molecule has 8 nitrogen and oxygen atoms in total. The van der Waals surface area contributed by atoms with Gasteiger partial charge in [-0.1, -0.05) is 12.1 Å². The summed E-state index contributed by atoms with van der Waals surface area (Å²) in [5.74, 6) is 0.621. The van der Waals surface area contributed by atoms with Gasteiger partial charge in [-0.05, 0) is 43.9 Å². The number of benzene rings is 1. The second-order valence-electron chi connectivity index (χ2n) is 7.81. The molecule has 8 heteroatoms. The molecular weight excluding hydrogens is 382 g/mol. The fourth-order valence-corrected chi connectivity index (χ4v) is 4.03. The predicted molar refractivity (Wildman–Crippen MR) is 113 cm³/mol. The summed E-state index contributed by atoms with van der Waals surface area (Å²) >= 11 is 0. The molecule has 1 saturated heterocycles. The van der Waals surface area contributed by atoms with E-state index in [1.165, 1.54) is 6.42 Å². The molecule has 1 aromatic heterocycles. The topological polar surface area (TPSA) is 79.7 Å². The Hall–Kier alpha value is -3.03. The summed E-state index contributed by atoms with van der Waals surface area (Å²) in [5.41, 5.74) is 0.854. The molecule has 1 atom stereocenters. The van der Waals surface area contributed by atoms with Crippen LogP contribution in [0.3, 0.4) is 0 Å². The van der Waals surface area contributed by atoms with Crippen LogP contribution in [0, 0.1) is 0 Å². The summed E-state index contributed by atoms with van der Waals surface area (Å²) in [6.07, 6.45) is 7.14. The molecule has 2 aliphatic rings. The average molecular weight is 412 g/mol. The van der Waals surface area contributed by atoms with Crippen molar-refractivity contribution in [1.29, 1.82) is 0 Å². The van der Waals surface area contributed by atoms with Crippen LogP contribution in [0.1, 0.15) is 25.7 Å². The Bertz CT molecular complexity index is 848. The first-order valence-electron chi connectivity index (χ1n) is 10.7. The SMILES string of the molecule is O=C(CN1CC(C(=O)N2CCCCC2)Oc2ccccc21)NCCCn1cccn1. The van der Waals surface area contributed by atoms with E-state index in [9.17, 15) is 9.59 Å². The van der Waals surface area contributed by atoms with Gasteiger partial charge in [0.25, 0.3) is 5.91 Å². The summed E-state index contributed by atoms with van der Waals surface area (Å²) in [6.45, 7) is 3.51. The highest BCUT2D eigenvalue weighted by molar-refractivity contribution is 5.86. The van der Waals surface area contributed by atoms with Crippen LogP contribution in [0.2, 0.25) is 0 Å². The maximum Gasteiger partial charge on any atom is 0.265 e. The van der Waals surface area contributed by atoms with Crippen molar-refractivity contribution < 1.29 is 14.3 Å². The number of piperidine rings is 1. The molecule has 0 radical (unpaired) electrons. The van der Waals surface area contributed by atoms with Gasteiger partial charge in [-0.2, -0.15) is 5.10 Å². The Morgan fingerprint density at radius 1 is 1.13 bits per heavy atom. The number of para-hydroxylation sites is 2. The third-order valence-corrected chi connectivity index (χ3v) is 5.58. The zero-order chi connectivity index (χ0) is 20.8. The standard InChI is InChI=1S/C22H29N5O3/c28-21(23-10-6-14-27-15-7-11-24-27)17-26-16-20(22(29)25-12-4-1-5-13-25)30-19-9-3-2-8-18(19)26/h2-3,7-9,11,15,20H,1,4-6,10,12-14,16-17H2,(H,23,28). The number of nitrogens with one attached hydrogen (secondary N) is 1. The molecule has 30 heavy (non-hydrogen) atoms. The molecular formula is C22H29N5O3. The van der Waals surface area contributed by atoms with Gasteiger partial charge in [0.1, 0.15) is 5.75 Å². The maximum absolute atomic E-state index is 13.0. The fraction of sp³-hybridized carbons (Fsp3) is 0.500. The molecule has 160 valence electrons. The average Bonchev–Trinajstić information content (AvgIpc) is 3.30. The van der Waals surface area contributed by atoms with Gasteiger partial charge in [-0.3, -0.25) is 14.3 Å². The molecule has 0 spiro atoms. The molecule has 2 amide bonds. The number of aryl methyl sites for hydroxylation is 1. The van der Waals surface area contributed by atoms with Crippen molar-refractivity contribution in [2.45, 2.75) is 38.3 Å². The van der Waals surface area contributed by atoms with E-state index in [0.717, 1.165) is 44.6 Å². The molecule has 1 fully saturated rings. The third kappa shape index (κ3) is 4.93. The quantitative estimate of drug-likeness (QED) is 0.701. The summed E-state index contributed by atoms with van der Waals surface area (Å²) < 4.78 is 7.87. The Balaban J connectivity index is 1.34. The van der Waals surface area contributed by atoms with Crippen molar-refractivity contribution in [2.75, 3.05) is 37.6 Å². The van der Waals surface area contributed by atoms with Crippen LogP contribution in [0.25, 0.3) is 0 Å². The van der Waals surface area contributed by atoms with E-state index in [2.05, 4.69) is 10.4 Å². The summed E-state index contributed by atoms with van der Waals surface area (Å²) in [7, 11) is 0. The molecule has 0 aliphatic carbocycles. The minimum absolute atomic E-state index is 0.0221. The number of amides is 2. The van der Waals surface area contributed by atoms with E-state index in [-0.39, 0.29) is 18.4 Å². The lowest BCUT2D eigenvalue weighted by Crippen LogP contribution is -2.53. The summed E-state index contributed by atoms with van der Waals surface area (Å²) in [5, 5.41) is 7.13. The number of hydrogen-bond acceptors (Lipinski definition) is 5. The molecule has 3 heterocycles. The predicted octanol–water partition coefficient (Wildman–Crippen LogP) is 1.67. The first kappa shape index (κ1) is 20.3. The second-order valence-corrected chi connectivity index (χ2v) is 7.81. The number of likely N-dealkylation sites (tertiary alicyclic amines) is 1. The van der Waals surface area contributed by atoms with Crippen molar-refractivity contribution in [3.05, 3.63) is 42.7 Å². The van der Waals surface area contributed by atoms with E-state index in [1.54, 1.807) is 6.20 Å². The molecule has 0 bridgehead atoms. The third-order valence-electron chi connectivity index (χ3n) is 5.58. The van der Waals surface area contributed by atoms with E-state index in [1.807, 2.05) is 51.0 Å². The zero-order valence-electron chi connectivity index (χ0n) is 17.2. The Morgan fingerprint density at radius 3 is 2.77 bits per heavy atom. The number of hydrogen-bond donors (Lipinski definition) is 1. The largest absolute Gasteiger partial charge is 0.477 e. The minimum atomic E-state index is -0.578. The van der Waals surface area contributed by atoms with Gasteiger partial charge < -0.3 is 19.9 Å². The number of ether oxygens (including phenoxy) is 1. The van der Waals surface area contributed by atoms with Crippen LogP contribution in [-0.2, 0) is 16.1 Å². The van der Waals surface area contributed by atoms with E-state index < -0.39 is 6.10 Å². The monoisotopic (exact) mass is 411 g/mol. The molecule has 2 aromatic rings. The summed E-state index contributed by atoms with van der Waals surface area (Å²) in [6, 6.07) is 9.49.